The maximum absolute atomic E-state index is 13.2. The zero-order valence-corrected chi connectivity index (χ0v) is 20.5. The summed E-state index contributed by atoms with van der Waals surface area (Å²) in [6, 6.07) is 11.8. The average molecular weight is 482 g/mol. The second-order valence-corrected chi connectivity index (χ2v) is 8.92. The van der Waals surface area contributed by atoms with E-state index in [2.05, 4.69) is 0 Å². The van der Waals surface area contributed by atoms with Crippen molar-refractivity contribution in [2.75, 3.05) is 53.6 Å². The van der Waals surface area contributed by atoms with Crippen molar-refractivity contribution in [1.29, 1.82) is 0 Å². The number of hydrogen-bond acceptors (Lipinski definition) is 6. The molecule has 0 spiro atoms. The summed E-state index contributed by atoms with van der Waals surface area (Å²) in [5.41, 5.74) is 2.14. The molecule has 0 bridgehead atoms. The number of ether oxygens (including phenoxy) is 3. The Hall–Kier alpha value is -3.36. The molecule has 2 saturated heterocycles. The van der Waals surface area contributed by atoms with Crippen molar-refractivity contribution in [3.8, 4) is 11.5 Å². The van der Waals surface area contributed by atoms with Gasteiger partial charge in [0.15, 0.2) is 0 Å². The Morgan fingerprint density at radius 3 is 2.43 bits per heavy atom. The highest BCUT2D eigenvalue weighted by Crippen LogP contribution is 2.40. The maximum atomic E-state index is 13.2. The Labute approximate surface area is 205 Å². The number of hydrogen-bond donors (Lipinski definition) is 2. The molecule has 1 atom stereocenters. The molecule has 2 aromatic rings. The highest BCUT2D eigenvalue weighted by atomic mass is 16.5. The molecule has 0 unspecified atom stereocenters. The van der Waals surface area contributed by atoms with Gasteiger partial charge in [-0.15, -0.1) is 0 Å². The highest BCUT2D eigenvalue weighted by Gasteiger charge is 2.46. The molecule has 2 heterocycles. The van der Waals surface area contributed by atoms with Gasteiger partial charge in [0.1, 0.15) is 30.3 Å². The van der Waals surface area contributed by atoms with Crippen molar-refractivity contribution in [1.82, 2.24) is 4.90 Å². The van der Waals surface area contributed by atoms with Crippen LogP contribution in [-0.2, 0) is 14.3 Å². The van der Waals surface area contributed by atoms with E-state index in [0.717, 1.165) is 50.4 Å². The number of nitrogens with one attached hydrogen (secondary N) is 1. The van der Waals surface area contributed by atoms with E-state index in [1.807, 2.05) is 19.1 Å². The summed E-state index contributed by atoms with van der Waals surface area (Å²) in [4.78, 5) is 29.4. The number of rotatable bonds is 8. The van der Waals surface area contributed by atoms with E-state index in [1.165, 1.54) is 4.90 Å². The third-order valence-corrected chi connectivity index (χ3v) is 6.77. The lowest BCUT2D eigenvalue weighted by Gasteiger charge is -2.27. The topological polar surface area (TPSA) is 89.7 Å². The number of likely N-dealkylation sites (tertiary alicyclic amines) is 1. The smallest absolute Gasteiger partial charge is 0.295 e. The van der Waals surface area contributed by atoms with Gasteiger partial charge < -0.3 is 29.1 Å². The highest BCUT2D eigenvalue weighted by molar-refractivity contribution is 6.46. The summed E-state index contributed by atoms with van der Waals surface area (Å²) in [6.07, 6.45) is 0.747. The molecule has 35 heavy (non-hydrogen) atoms. The van der Waals surface area contributed by atoms with Gasteiger partial charge in [0, 0.05) is 18.5 Å². The summed E-state index contributed by atoms with van der Waals surface area (Å²) in [5.74, 6) is -0.0898. The third kappa shape index (κ3) is 5.18. The number of ketones is 1. The van der Waals surface area contributed by atoms with Gasteiger partial charge in [-0.05, 0) is 48.4 Å². The van der Waals surface area contributed by atoms with Crippen molar-refractivity contribution in [2.24, 2.45) is 0 Å². The fourth-order valence-corrected chi connectivity index (χ4v) is 4.83. The second-order valence-electron chi connectivity index (χ2n) is 8.92. The van der Waals surface area contributed by atoms with Gasteiger partial charge in [-0.25, -0.2) is 0 Å². The first-order valence-corrected chi connectivity index (χ1v) is 11.9. The number of morpholine rings is 1. The summed E-state index contributed by atoms with van der Waals surface area (Å²) in [7, 11) is 3.16. The molecule has 8 heteroatoms. The molecule has 1 amide bonds. The van der Waals surface area contributed by atoms with Crippen LogP contribution in [0.3, 0.4) is 0 Å². The molecule has 2 fully saturated rings. The summed E-state index contributed by atoms with van der Waals surface area (Å²) in [5, 5.41) is 11.3. The van der Waals surface area contributed by atoms with Crippen LogP contribution in [0.5, 0.6) is 11.5 Å². The van der Waals surface area contributed by atoms with E-state index in [0.29, 0.717) is 23.6 Å². The maximum Gasteiger partial charge on any atom is 0.295 e. The standard InChI is InChI=1S/C27H32N2O6/c1-18-17-20(7-10-22(18)34-3)25(30)23-24(19-5-8-21(33-2)9-6-19)29(27(32)26(23)31)12-4-11-28-13-15-35-16-14-28/h5-10,17,24,30H,4,11-16H2,1-3H3/p+1/t24-/m0/s1. The van der Waals surface area contributed by atoms with Crippen LogP contribution < -0.4 is 14.4 Å². The number of amides is 1. The number of nitrogens with zero attached hydrogens (tertiary/aromatic N) is 1. The van der Waals surface area contributed by atoms with E-state index in [9.17, 15) is 14.7 Å². The Morgan fingerprint density at radius 2 is 1.80 bits per heavy atom. The number of Topliss-reactive ketones (excluding diaryl/α,β-unsaturated/α-hetero) is 1. The lowest BCUT2D eigenvalue weighted by molar-refractivity contribution is -0.908. The molecule has 8 nitrogen and oxygen atoms in total. The quantitative estimate of drug-likeness (QED) is 0.339. The van der Waals surface area contributed by atoms with Crippen LogP contribution in [-0.4, -0.2) is 75.3 Å². The van der Waals surface area contributed by atoms with Crippen molar-refractivity contribution in [3.63, 3.8) is 0 Å². The third-order valence-electron chi connectivity index (χ3n) is 6.77. The number of aryl methyl sites for hydroxylation is 1. The van der Waals surface area contributed by atoms with Gasteiger partial charge >= 0.3 is 0 Å². The predicted octanol–water partition coefficient (Wildman–Crippen LogP) is 1.74. The minimum Gasteiger partial charge on any atom is -0.507 e. The lowest BCUT2D eigenvalue weighted by atomic mass is 9.94. The van der Waals surface area contributed by atoms with Crippen molar-refractivity contribution in [2.45, 2.75) is 19.4 Å². The van der Waals surface area contributed by atoms with Crippen molar-refractivity contribution < 1.29 is 33.8 Å². The number of aliphatic hydroxyl groups excluding tert-OH is 1. The number of carbonyl (C=O) groups is 2. The first-order chi connectivity index (χ1) is 16.9. The zero-order chi connectivity index (χ0) is 24.9. The lowest BCUT2D eigenvalue weighted by Crippen LogP contribution is -3.14. The zero-order valence-electron chi connectivity index (χ0n) is 20.5. The van der Waals surface area contributed by atoms with E-state index < -0.39 is 17.7 Å². The molecule has 186 valence electrons. The van der Waals surface area contributed by atoms with Gasteiger partial charge in [0.05, 0.1) is 45.6 Å². The number of benzene rings is 2. The van der Waals surface area contributed by atoms with Gasteiger partial charge in [-0.2, -0.15) is 0 Å². The molecular weight excluding hydrogens is 448 g/mol. The summed E-state index contributed by atoms with van der Waals surface area (Å²) in [6.45, 7) is 6.54. The predicted molar refractivity (Wildman–Crippen MR) is 131 cm³/mol. The average Bonchev–Trinajstić information content (AvgIpc) is 3.14. The molecule has 2 aliphatic rings. The SMILES string of the molecule is COc1ccc([C@H]2C(=C(O)c3ccc(OC)c(C)c3)C(=O)C(=O)N2CCC[NH+]2CCOCC2)cc1. The van der Waals surface area contributed by atoms with Crippen molar-refractivity contribution in [3.05, 3.63) is 64.7 Å². The van der Waals surface area contributed by atoms with E-state index in [1.54, 1.807) is 49.5 Å². The molecule has 2 N–H and O–H groups in total. The molecule has 2 aliphatic heterocycles. The van der Waals surface area contributed by atoms with Crippen LogP contribution in [0.4, 0.5) is 0 Å². The summed E-state index contributed by atoms with van der Waals surface area (Å²) < 4.78 is 16.0. The minimum absolute atomic E-state index is 0.100. The monoisotopic (exact) mass is 481 g/mol. The Kier molecular flexibility index (Phi) is 7.73. The number of methoxy groups -OCH3 is 2. The van der Waals surface area contributed by atoms with Gasteiger partial charge in [-0.3, -0.25) is 9.59 Å². The first-order valence-electron chi connectivity index (χ1n) is 11.9. The normalized spacial score (nSPS) is 20.3. The number of carbonyl (C=O) groups excluding carboxylic acids is 2. The molecular formula is C27H33N2O6+. The second kappa shape index (κ2) is 10.9. The van der Waals surface area contributed by atoms with Crippen LogP contribution in [0.1, 0.15) is 29.2 Å². The molecule has 0 radical (unpaired) electrons. The number of quaternary nitrogens is 1. The van der Waals surface area contributed by atoms with Crippen LogP contribution >= 0.6 is 0 Å². The van der Waals surface area contributed by atoms with Gasteiger partial charge in [0.25, 0.3) is 11.7 Å². The Balaban J connectivity index is 1.69. The minimum atomic E-state index is -0.678. The largest absolute Gasteiger partial charge is 0.507 e. The van der Waals surface area contributed by atoms with Gasteiger partial charge in [0.2, 0.25) is 0 Å². The van der Waals surface area contributed by atoms with E-state index in [4.69, 9.17) is 14.2 Å². The van der Waals surface area contributed by atoms with Gasteiger partial charge in [-0.1, -0.05) is 12.1 Å². The van der Waals surface area contributed by atoms with Crippen LogP contribution in [0.2, 0.25) is 0 Å². The Bertz CT molecular complexity index is 1110. The molecule has 4 rings (SSSR count). The Morgan fingerprint density at radius 1 is 1.09 bits per heavy atom. The van der Waals surface area contributed by atoms with Crippen molar-refractivity contribution >= 4 is 17.4 Å². The fraction of sp³-hybridized carbons (Fsp3) is 0.407. The molecule has 0 aliphatic carbocycles. The van der Waals surface area contributed by atoms with Crippen LogP contribution in [0.25, 0.3) is 5.76 Å². The van der Waals surface area contributed by atoms with E-state index >= 15 is 0 Å². The fourth-order valence-electron chi connectivity index (χ4n) is 4.83. The van der Waals surface area contributed by atoms with Crippen LogP contribution in [0.15, 0.2) is 48.0 Å². The first kappa shape index (κ1) is 24.8. The van der Waals surface area contributed by atoms with E-state index in [-0.39, 0.29) is 11.3 Å². The molecule has 0 saturated carbocycles. The molecule has 0 aromatic heterocycles. The van der Waals surface area contributed by atoms with Crippen LogP contribution in [0, 0.1) is 6.92 Å². The molecule has 2 aromatic carbocycles. The number of aliphatic hydroxyl groups is 1. The summed E-state index contributed by atoms with van der Waals surface area (Å²) >= 11 is 0.